The molecule has 0 spiro atoms. The van der Waals surface area contributed by atoms with Crippen LogP contribution in [0.4, 0.5) is 31.5 Å². The van der Waals surface area contributed by atoms with Gasteiger partial charge in [-0.3, -0.25) is 14.9 Å². The van der Waals surface area contributed by atoms with Crippen LogP contribution >= 0.6 is 11.3 Å². The van der Waals surface area contributed by atoms with E-state index >= 15 is 0 Å². The van der Waals surface area contributed by atoms with Crippen molar-refractivity contribution in [2.45, 2.75) is 51.1 Å². The van der Waals surface area contributed by atoms with Gasteiger partial charge >= 0.3 is 18.3 Å². The second kappa shape index (κ2) is 11.9. The van der Waals surface area contributed by atoms with E-state index < -0.39 is 29.2 Å². The van der Waals surface area contributed by atoms with Crippen molar-refractivity contribution in [2.75, 3.05) is 11.9 Å². The van der Waals surface area contributed by atoms with Crippen molar-refractivity contribution in [1.29, 1.82) is 0 Å². The maximum atomic E-state index is 12.5. The Morgan fingerprint density at radius 3 is 2.18 bits per heavy atom. The van der Waals surface area contributed by atoms with Crippen LogP contribution < -0.4 is 16.0 Å². The summed E-state index contributed by atoms with van der Waals surface area (Å²) in [4.78, 5) is 32.8. The average molecular weight is 505 g/mol. The summed E-state index contributed by atoms with van der Waals surface area (Å²) >= 11 is 0.247. The van der Waals surface area contributed by atoms with E-state index in [-0.39, 0.29) is 40.4 Å². The molecule has 0 aliphatic carbocycles. The summed E-state index contributed by atoms with van der Waals surface area (Å²) in [5.41, 5.74) is 0. The lowest BCUT2D eigenvalue weighted by Crippen LogP contribution is -2.55. The molecule has 1 aliphatic heterocycles. The molecular weight excluding hydrogens is 484 g/mol. The molecule has 1 fully saturated rings. The maximum Gasteiger partial charge on any atom is 0.490 e. The first-order chi connectivity index (χ1) is 15.1. The monoisotopic (exact) mass is 505 g/mol. The van der Waals surface area contributed by atoms with Crippen LogP contribution in [0.15, 0.2) is 12.2 Å². The largest absolute Gasteiger partial charge is 0.490 e. The SMILES string of the molecule is CC(C)C[C@@H](C=CC(=O)Nc1nnc(C(F)(F)F)s1)NC(=O)[C@@H]1CCN1.O=C(O)C(F)(F)F. The fourth-order valence-corrected chi connectivity index (χ4v) is 2.84. The van der Waals surface area contributed by atoms with Crippen molar-refractivity contribution in [3.8, 4) is 0 Å². The number of anilines is 1. The molecule has 9 nitrogen and oxygen atoms in total. The number of carboxylic acid groups (broad SMARTS) is 1. The summed E-state index contributed by atoms with van der Waals surface area (Å²) in [6.45, 7) is 4.76. The third-order valence-corrected chi connectivity index (χ3v) is 4.70. The Morgan fingerprint density at radius 1 is 1.21 bits per heavy atom. The molecule has 2 heterocycles. The smallest absolute Gasteiger partial charge is 0.475 e. The Bertz CT molecular complexity index is 852. The van der Waals surface area contributed by atoms with Crippen LogP contribution in [0.2, 0.25) is 0 Å². The number of nitrogens with zero attached hydrogens (tertiary/aromatic N) is 2. The number of aliphatic carboxylic acids is 1. The quantitative estimate of drug-likeness (QED) is 0.331. The first-order valence-electron chi connectivity index (χ1n) is 9.33. The van der Waals surface area contributed by atoms with Gasteiger partial charge in [0.1, 0.15) is 0 Å². The molecular formula is C17H21F6N5O4S. The van der Waals surface area contributed by atoms with Gasteiger partial charge in [0.2, 0.25) is 22.0 Å². The number of hydrogen-bond donors (Lipinski definition) is 4. The minimum Gasteiger partial charge on any atom is -0.475 e. The van der Waals surface area contributed by atoms with E-state index in [1.54, 1.807) is 0 Å². The van der Waals surface area contributed by atoms with E-state index in [0.717, 1.165) is 13.0 Å². The lowest BCUT2D eigenvalue weighted by Gasteiger charge is -2.28. The predicted molar refractivity (Wildman–Crippen MR) is 104 cm³/mol. The molecule has 0 unspecified atom stereocenters. The lowest BCUT2D eigenvalue weighted by molar-refractivity contribution is -0.192. The van der Waals surface area contributed by atoms with Gasteiger partial charge in [-0.2, -0.15) is 26.3 Å². The highest BCUT2D eigenvalue weighted by molar-refractivity contribution is 7.15. The summed E-state index contributed by atoms with van der Waals surface area (Å²) in [7, 11) is 0. The number of carbonyl (C=O) groups excluding carboxylic acids is 2. The van der Waals surface area contributed by atoms with E-state index in [9.17, 15) is 35.9 Å². The highest BCUT2D eigenvalue weighted by Crippen LogP contribution is 2.32. The normalized spacial score (nSPS) is 17.1. The second-order valence-corrected chi connectivity index (χ2v) is 8.08. The van der Waals surface area contributed by atoms with Gasteiger partial charge in [-0.1, -0.05) is 31.3 Å². The highest BCUT2D eigenvalue weighted by Gasteiger charge is 2.38. The van der Waals surface area contributed by atoms with Gasteiger partial charge in [0.05, 0.1) is 6.04 Å². The van der Waals surface area contributed by atoms with Crippen LogP contribution in [0.1, 0.15) is 31.7 Å². The van der Waals surface area contributed by atoms with Crippen molar-refractivity contribution in [3.05, 3.63) is 17.2 Å². The highest BCUT2D eigenvalue weighted by atomic mass is 32.1. The summed E-state index contributed by atoms with van der Waals surface area (Å²) < 4.78 is 69.1. The number of carbonyl (C=O) groups is 3. The first kappa shape index (κ1) is 28.3. The average Bonchev–Trinajstić information content (AvgIpc) is 3.06. The number of aromatic nitrogens is 2. The molecule has 2 rings (SSSR count). The predicted octanol–water partition coefficient (Wildman–Crippen LogP) is 2.58. The van der Waals surface area contributed by atoms with Crippen molar-refractivity contribution in [3.63, 3.8) is 0 Å². The van der Waals surface area contributed by atoms with Crippen molar-refractivity contribution in [1.82, 2.24) is 20.8 Å². The maximum absolute atomic E-state index is 12.5. The first-order valence-corrected chi connectivity index (χ1v) is 10.1. The molecule has 2 amide bonds. The van der Waals surface area contributed by atoms with Crippen LogP contribution in [0.3, 0.4) is 0 Å². The van der Waals surface area contributed by atoms with E-state index in [0.29, 0.717) is 6.42 Å². The fraction of sp³-hybridized carbons (Fsp3) is 0.588. The zero-order valence-corrected chi connectivity index (χ0v) is 18.1. The van der Waals surface area contributed by atoms with Crippen LogP contribution in [0, 0.1) is 5.92 Å². The Morgan fingerprint density at radius 2 is 1.79 bits per heavy atom. The number of halogens is 6. The zero-order valence-electron chi connectivity index (χ0n) is 17.3. The number of nitrogens with one attached hydrogen (secondary N) is 3. The number of rotatable bonds is 7. The van der Waals surface area contributed by atoms with Crippen LogP contribution in [-0.2, 0) is 20.6 Å². The number of carboxylic acids is 1. The standard InChI is InChI=1S/C15H20F3N5O2S.C2HF3O2/c1-8(2)7-9(20-12(25)10-5-6-19-10)3-4-11(24)21-14-23-22-13(26-14)15(16,17)18;3-2(4,5)1(6)7/h3-4,8-10,19H,5-7H2,1-2H3,(H,20,25)(H,21,23,24);(H,6,7)/t9-,10+;/m1./s1. The molecule has 1 aromatic heterocycles. The van der Waals surface area contributed by atoms with E-state index in [1.807, 2.05) is 13.8 Å². The second-order valence-electron chi connectivity index (χ2n) is 7.10. The molecule has 4 N–H and O–H groups in total. The molecule has 1 aliphatic rings. The summed E-state index contributed by atoms with van der Waals surface area (Å²) in [5, 5.41) is 20.1. The molecule has 0 aromatic carbocycles. The van der Waals surface area contributed by atoms with E-state index in [1.165, 1.54) is 12.2 Å². The van der Waals surface area contributed by atoms with Gasteiger partial charge in [0.15, 0.2) is 0 Å². The Labute approximate surface area is 187 Å². The topological polar surface area (TPSA) is 133 Å². The van der Waals surface area contributed by atoms with Gasteiger partial charge in [-0.25, -0.2) is 4.79 Å². The minimum atomic E-state index is -5.08. The molecule has 1 saturated heterocycles. The molecule has 2 atom stereocenters. The van der Waals surface area contributed by atoms with Gasteiger partial charge in [0, 0.05) is 12.1 Å². The molecule has 0 radical (unpaired) electrons. The van der Waals surface area contributed by atoms with Gasteiger partial charge < -0.3 is 15.7 Å². The van der Waals surface area contributed by atoms with Crippen molar-refractivity contribution < 1.29 is 45.8 Å². The Hall–Kier alpha value is -2.75. The summed E-state index contributed by atoms with van der Waals surface area (Å²) in [5.74, 6) is -3.25. The zero-order chi connectivity index (χ0) is 25.4. The Kier molecular flexibility index (Phi) is 10.2. The molecule has 33 heavy (non-hydrogen) atoms. The lowest BCUT2D eigenvalue weighted by atomic mass is 10.0. The van der Waals surface area contributed by atoms with Gasteiger partial charge in [-0.05, 0) is 25.3 Å². The molecule has 1 aromatic rings. The molecule has 16 heteroatoms. The number of amides is 2. The third-order valence-electron chi connectivity index (χ3n) is 3.81. The van der Waals surface area contributed by atoms with Crippen LogP contribution in [-0.4, -0.2) is 57.9 Å². The third kappa shape index (κ3) is 10.6. The van der Waals surface area contributed by atoms with E-state index in [4.69, 9.17) is 9.90 Å². The van der Waals surface area contributed by atoms with Crippen molar-refractivity contribution in [2.24, 2.45) is 5.92 Å². The molecule has 0 saturated carbocycles. The van der Waals surface area contributed by atoms with Crippen LogP contribution in [0.5, 0.6) is 0 Å². The molecule has 0 bridgehead atoms. The van der Waals surface area contributed by atoms with E-state index in [2.05, 4.69) is 26.1 Å². The summed E-state index contributed by atoms with van der Waals surface area (Å²) in [6, 6.07) is -0.565. The number of alkyl halides is 6. The minimum absolute atomic E-state index is 0.133. The number of hydrogen-bond acceptors (Lipinski definition) is 7. The van der Waals surface area contributed by atoms with Gasteiger partial charge in [0.25, 0.3) is 0 Å². The van der Waals surface area contributed by atoms with Crippen LogP contribution in [0.25, 0.3) is 0 Å². The summed E-state index contributed by atoms with van der Waals surface area (Å²) in [6.07, 6.45) is -5.59. The fourth-order valence-electron chi connectivity index (χ4n) is 2.23. The molecule has 186 valence electrons. The van der Waals surface area contributed by atoms with Crippen molar-refractivity contribution >= 4 is 34.3 Å². The van der Waals surface area contributed by atoms with Gasteiger partial charge in [-0.15, -0.1) is 10.2 Å². The Balaban J connectivity index is 0.000000675.